The number of ether oxygens (including phenoxy) is 1. The summed E-state index contributed by atoms with van der Waals surface area (Å²) in [6, 6.07) is 2.57. The Morgan fingerprint density at radius 3 is 2.41 bits per heavy atom. The average molecular weight is 433 g/mol. The Hall–Kier alpha value is -2.11. The van der Waals surface area contributed by atoms with Gasteiger partial charge in [-0.25, -0.2) is 17.2 Å². The molecule has 29 heavy (non-hydrogen) atoms. The van der Waals surface area contributed by atoms with Gasteiger partial charge in [-0.1, -0.05) is 0 Å². The summed E-state index contributed by atoms with van der Waals surface area (Å²) >= 11 is 0. The summed E-state index contributed by atoms with van der Waals surface area (Å²) in [7, 11) is -3.53. The molecule has 2 atom stereocenters. The first-order valence-corrected chi connectivity index (χ1v) is 10.8. The molecule has 2 amide bonds. The molecule has 0 aliphatic carbocycles. The van der Waals surface area contributed by atoms with E-state index in [0.717, 1.165) is 12.1 Å². The van der Waals surface area contributed by atoms with Crippen LogP contribution in [0.5, 0.6) is 0 Å². The maximum Gasteiger partial charge on any atom is 0.254 e. The third-order valence-electron chi connectivity index (χ3n) is 4.28. The van der Waals surface area contributed by atoms with Crippen LogP contribution < -0.4 is 10.6 Å². The Labute approximate surface area is 168 Å². The number of hydrogen-bond acceptors (Lipinski definition) is 5. The van der Waals surface area contributed by atoms with Gasteiger partial charge in [0.1, 0.15) is 11.6 Å². The van der Waals surface area contributed by atoms with Crippen molar-refractivity contribution in [1.29, 1.82) is 0 Å². The molecule has 1 saturated heterocycles. The summed E-state index contributed by atoms with van der Waals surface area (Å²) in [6.45, 7) is 3.99. The number of halogens is 2. The number of sulfonamides is 1. The highest BCUT2D eigenvalue weighted by molar-refractivity contribution is 7.89. The van der Waals surface area contributed by atoms with E-state index in [0.29, 0.717) is 6.07 Å². The number of morpholine rings is 1. The lowest BCUT2D eigenvalue weighted by Gasteiger charge is -2.34. The Kier molecular flexibility index (Phi) is 8.05. The van der Waals surface area contributed by atoms with E-state index in [2.05, 4.69) is 10.6 Å². The van der Waals surface area contributed by atoms with Crippen molar-refractivity contribution in [3.63, 3.8) is 0 Å². The minimum atomic E-state index is -3.53. The highest BCUT2D eigenvalue weighted by Crippen LogP contribution is 2.14. The first-order chi connectivity index (χ1) is 13.6. The van der Waals surface area contributed by atoms with E-state index in [1.54, 1.807) is 13.8 Å². The van der Waals surface area contributed by atoms with Crippen molar-refractivity contribution in [3.8, 4) is 0 Å². The SMILES string of the molecule is C[C@H]1CN(S(=O)(=O)CCNC(=O)CCNC(=O)c2ccc(F)cc2F)C[C@H](C)O1. The van der Waals surface area contributed by atoms with Gasteiger partial charge in [0.05, 0.1) is 23.5 Å². The normalized spacial score (nSPS) is 20.3. The summed E-state index contributed by atoms with van der Waals surface area (Å²) in [4.78, 5) is 23.7. The standard InChI is InChI=1S/C18H25F2N3O5S/c1-12-10-23(11-13(2)28-12)29(26,27)8-7-21-17(24)5-6-22-18(25)15-4-3-14(19)9-16(15)20/h3-4,9,12-13H,5-8,10-11H2,1-2H3,(H,21,24)(H,22,25)/t12-,13-/m0/s1. The predicted molar refractivity (Wildman–Crippen MR) is 102 cm³/mol. The number of rotatable bonds is 8. The summed E-state index contributed by atoms with van der Waals surface area (Å²) in [5.41, 5.74) is -0.327. The molecule has 162 valence electrons. The van der Waals surface area contributed by atoms with Gasteiger partial charge < -0.3 is 15.4 Å². The largest absolute Gasteiger partial charge is 0.373 e. The van der Waals surface area contributed by atoms with Gasteiger partial charge in [0.25, 0.3) is 5.91 Å². The molecule has 11 heteroatoms. The number of hydrogen-bond donors (Lipinski definition) is 2. The maximum atomic E-state index is 13.5. The first kappa shape index (κ1) is 23.2. The summed E-state index contributed by atoms with van der Waals surface area (Å²) in [6.07, 6.45) is -0.504. The van der Waals surface area contributed by atoms with Gasteiger partial charge in [-0.2, -0.15) is 4.31 Å². The average Bonchev–Trinajstić information content (AvgIpc) is 2.60. The minimum absolute atomic E-state index is 0.0676. The molecule has 0 unspecified atom stereocenters. The summed E-state index contributed by atoms with van der Waals surface area (Å²) in [5.74, 6) is -3.26. The van der Waals surface area contributed by atoms with Crippen LogP contribution in [0.3, 0.4) is 0 Å². The van der Waals surface area contributed by atoms with Gasteiger partial charge in [0, 0.05) is 38.7 Å². The second-order valence-corrected chi connectivity index (χ2v) is 8.96. The van der Waals surface area contributed by atoms with Crippen LogP contribution in [0.15, 0.2) is 18.2 Å². The van der Waals surface area contributed by atoms with Gasteiger partial charge in [0.15, 0.2) is 0 Å². The fourth-order valence-electron chi connectivity index (χ4n) is 2.95. The molecule has 1 aromatic carbocycles. The number of nitrogens with one attached hydrogen (secondary N) is 2. The van der Waals surface area contributed by atoms with E-state index < -0.39 is 33.5 Å². The van der Waals surface area contributed by atoms with Crippen molar-refractivity contribution < 1.29 is 31.5 Å². The molecular weight excluding hydrogens is 408 g/mol. The molecule has 0 bridgehead atoms. The van der Waals surface area contributed by atoms with E-state index >= 15 is 0 Å². The van der Waals surface area contributed by atoms with E-state index in [1.807, 2.05) is 0 Å². The predicted octanol–water partition coefficient (Wildman–Crippen LogP) is 0.640. The second kappa shape index (κ2) is 10.1. The van der Waals surface area contributed by atoms with E-state index in [4.69, 9.17) is 4.74 Å². The molecule has 1 aliphatic heterocycles. The molecular formula is C18H25F2N3O5S. The van der Waals surface area contributed by atoms with Crippen molar-refractivity contribution in [1.82, 2.24) is 14.9 Å². The second-order valence-electron chi connectivity index (χ2n) is 6.87. The highest BCUT2D eigenvalue weighted by Gasteiger charge is 2.30. The Balaban J connectivity index is 1.71. The smallest absolute Gasteiger partial charge is 0.254 e. The Bertz CT molecular complexity index is 840. The van der Waals surface area contributed by atoms with Crippen LogP contribution in [-0.2, 0) is 19.6 Å². The van der Waals surface area contributed by atoms with Crippen molar-refractivity contribution >= 4 is 21.8 Å². The van der Waals surface area contributed by atoms with Crippen molar-refractivity contribution in [2.24, 2.45) is 0 Å². The van der Waals surface area contributed by atoms with E-state index in [1.165, 1.54) is 4.31 Å². The van der Waals surface area contributed by atoms with Gasteiger partial charge in [-0.3, -0.25) is 9.59 Å². The zero-order chi connectivity index (χ0) is 21.6. The number of carbonyl (C=O) groups is 2. The van der Waals surface area contributed by atoms with Crippen LogP contribution >= 0.6 is 0 Å². The molecule has 2 rings (SSSR count). The van der Waals surface area contributed by atoms with Gasteiger partial charge in [0.2, 0.25) is 15.9 Å². The van der Waals surface area contributed by atoms with Crippen molar-refractivity contribution in [3.05, 3.63) is 35.4 Å². The van der Waals surface area contributed by atoms with Crippen LogP contribution in [0.4, 0.5) is 8.78 Å². The monoisotopic (exact) mass is 433 g/mol. The molecule has 1 heterocycles. The van der Waals surface area contributed by atoms with Gasteiger partial charge >= 0.3 is 0 Å². The zero-order valence-corrected chi connectivity index (χ0v) is 17.1. The van der Waals surface area contributed by atoms with E-state index in [-0.39, 0.29) is 56.1 Å². The zero-order valence-electron chi connectivity index (χ0n) is 16.3. The molecule has 0 radical (unpaired) electrons. The molecule has 0 saturated carbocycles. The molecule has 8 nitrogen and oxygen atoms in total. The van der Waals surface area contributed by atoms with Crippen LogP contribution in [0.25, 0.3) is 0 Å². The van der Waals surface area contributed by atoms with Crippen molar-refractivity contribution in [2.45, 2.75) is 32.5 Å². The summed E-state index contributed by atoms with van der Waals surface area (Å²) < 4.78 is 58.0. The lowest BCUT2D eigenvalue weighted by Crippen LogP contribution is -2.49. The topological polar surface area (TPSA) is 105 Å². The third-order valence-corrected chi connectivity index (χ3v) is 6.08. The Morgan fingerprint density at radius 2 is 1.79 bits per heavy atom. The van der Waals surface area contributed by atoms with Crippen LogP contribution in [0.2, 0.25) is 0 Å². The first-order valence-electron chi connectivity index (χ1n) is 9.21. The fourth-order valence-corrected chi connectivity index (χ4v) is 4.45. The number of amides is 2. The molecule has 1 fully saturated rings. The number of nitrogens with zero attached hydrogens (tertiary/aromatic N) is 1. The lowest BCUT2D eigenvalue weighted by molar-refractivity contribution is -0.120. The molecule has 2 N–H and O–H groups in total. The number of carbonyl (C=O) groups excluding carboxylic acids is 2. The highest BCUT2D eigenvalue weighted by atomic mass is 32.2. The molecule has 1 aromatic rings. The summed E-state index contributed by atoms with van der Waals surface area (Å²) in [5, 5.41) is 4.84. The quantitative estimate of drug-likeness (QED) is 0.626. The third kappa shape index (κ3) is 7.02. The fraction of sp³-hybridized carbons (Fsp3) is 0.556. The minimum Gasteiger partial charge on any atom is -0.373 e. The molecule has 0 aromatic heterocycles. The lowest BCUT2D eigenvalue weighted by atomic mass is 10.2. The van der Waals surface area contributed by atoms with Crippen LogP contribution in [0, 0.1) is 11.6 Å². The van der Waals surface area contributed by atoms with Crippen molar-refractivity contribution in [2.75, 3.05) is 31.9 Å². The van der Waals surface area contributed by atoms with Crippen LogP contribution in [-0.4, -0.2) is 68.7 Å². The molecule has 0 spiro atoms. The van der Waals surface area contributed by atoms with E-state index in [9.17, 15) is 26.8 Å². The number of benzene rings is 1. The van der Waals surface area contributed by atoms with Gasteiger partial charge in [-0.05, 0) is 26.0 Å². The Morgan fingerprint density at radius 1 is 1.14 bits per heavy atom. The van der Waals surface area contributed by atoms with Crippen LogP contribution in [0.1, 0.15) is 30.6 Å². The molecule has 1 aliphatic rings. The van der Waals surface area contributed by atoms with Gasteiger partial charge in [-0.15, -0.1) is 0 Å². The maximum absolute atomic E-state index is 13.5.